The Hall–Kier alpha value is -1.47. The molecular weight excluding hydrogens is 280 g/mol. The molecule has 110 valence electrons. The number of hydrogen-bond acceptors (Lipinski definition) is 5. The predicted molar refractivity (Wildman–Crippen MR) is 74.0 cm³/mol. The fourth-order valence-corrected chi connectivity index (χ4v) is 3.08. The summed E-state index contributed by atoms with van der Waals surface area (Å²) < 4.78 is 5.41. The highest BCUT2D eigenvalue weighted by molar-refractivity contribution is 7.13. The van der Waals surface area contributed by atoms with Crippen LogP contribution in [-0.4, -0.2) is 34.7 Å². The fourth-order valence-electron chi connectivity index (χ4n) is 2.18. The third-order valence-electron chi connectivity index (χ3n) is 3.19. The lowest BCUT2D eigenvalue weighted by Gasteiger charge is -2.13. The van der Waals surface area contributed by atoms with E-state index in [1.807, 2.05) is 0 Å². The molecule has 0 spiro atoms. The summed E-state index contributed by atoms with van der Waals surface area (Å²) in [6, 6.07) is -0.291. The van der Waals surface area contributed by atoms with Gasteiger partial charge in [-0.3, -0.25) is 4.79 Å². The Kier molecular flexibility index (Phi) is 4.72. The van der Waals surface area contributed by atoms with Gasteiger partial charge in [-0.15, -0.1) is 11.3 Å². The number of hydrogen-bond donors (Lipinski definition) is 2. The summed E-state index contributed by atoms with van der Waals surface area (Å²) in [5, 5.41) is 12.4. The second-order valence-corrected chi connectivity index (χ2v) is 5.93. The van der Waals surface area contributed by atoms with Crippen molar-refractivity contribution < 1.29 is 19.4 Å². The SMILES string of the molecule is Cc1nc(C(C)NC(=O)CC2CCCO2)sc1C(=O)O. The molecule has 6 nitrogen and oxygen atoms in total. The van der Waals surface area contributed by atoms with E-state index in [9.17, 15) is 9.59 Å². The maximum Gasteiger partial charge on any atom is 0.347 e. The molecule has 2 unspecified atom stereocenters. The second kappa shape index (κ2) is 6.32. The molecule has 20 heavy (non-hydrogen) atoms. The Labute approximate surface area is 121 Å². The van der Waals surface area contributed by atoms with Crippen molar-refractivity contribution in [3.05, 3.63) is 15.6 Å². The number of aromatic carboxylic acids is 1. The Morgan fingerprint density at radius 2 is 2.35 bits per heavy atom. The first kappa shape index (κ1) is 14.9. The van der Waals surface area contributed by atoms with Gasteiger partial charge in [0, 0.05) is 6.61 Å². The van der Waals surface area contributed by atoms with Crippen LogP contribution in [0.1, 0.15) is 52.6 Å². The molecule has 0 aromatic carbocycles. The largest absolute Gasteiger partial charge is 0.477 e. The number of amides is 1. The summed E-state index contributed by atoms with van der Waals surface area (Å²) in [6.45, 7) is 4.18. The van der Waals surface area contributed by atoms with Gasteiger partial charge in [0.05, 0.1) is 24.3 Å². The average Bonchev–Trinajstić information content (AvgIpc) is 2.98. The van der Waals surface area contributed by atoms with E-state index in [2.05, 4.69) is 10.3 Å². The maximum atomic E-state index is 11.9. The van der Waals surface area contributed by atoms with E-state index in [1.165, 1.54) is 0 Å². The number of carboxylic acid groups (broad SMARTS) is 1. The highest BCUT2D eigenvalue weighted by Gasteiger charge is 2.22. The molecule has 1 aliphatic heterocycles. The molecule has 0 aliphatic carbocycles. The van der Waals surface area contributed by atoms with Gasteiger partial charge in [-0.1, -0.05) is 0 Å². The standard InChI is InChI=1S/C13H18N2O4S/c1-7-11(13(17)18)20-12(15-7)8(2)14-10(16)6-9-4-3-5-19-9/h8-9H,3-6H2,1-2H3,(H,14,16)(H,17,18). The number of thiazole rings is 1. The van der Waals surface area contributed by atoms with Gasteiger partial charge in [0.25, 0.3) is 0 Å². The van der Waals surface area contributed by atoms with E-state index in [4.69, 9.17) is 9.84 Å². The van der Waals surface area contributed by atoms with Gasteiger partial charge in [0.1, 0.15) is 9.88 Å². The minimum Gasteiger partial charge on any atom is -0.477 e. The van der Waals surface area contributed by atoms with Gasteiger partial charge < -0.3 is 15.2 Å². The normalized spacial score (nSPS) is 19.8. The van der Waals surface area contributed by atoms with Crippen LogP contribution in [0, 0.1) is 6.92 Å². The first-order valence-electron chi connectivity index (χ1n) is 6.59. The van der Waals surface area contributed by atoms with Crippen molar-refractivity contribution in [3.8, 4) is 0 Å². The van der Waals surface area contributed by atoms with Crippen molar-refractivity contribution in [1.82, 2.24) is 10.3 Å². The molecule has 2 heterocycles. The topological polar surface area (TPSA) is 88.5 Å². The second-order valence-electron chi connectivity index (χ2n) is 4.90. The molecular formula is C13H18N2O4S. The van der Waals surface area contributed by atoms with Gasteiger partial charge in [0.15, 0.2) is 0 Å². The first-order chi connectivity index (χ1) is 9.47. The monoisotopic (exact) mass is 298 g/mol. The number of nitrogens with one attached hydrogen (secondary N) is 1. The number of aryl methyl sites for hydroxylation is 1. The Morgan fingerprint density at radius 1 is 1.60 bits per heavy atom. The van der Waals surface area contributed by atoms with Crippen molar-refractivity contribution >= 4 is 23.2 Å². The van der Waals surface area contributed by atoms with Crippen LogP contribution in [0.5, 0.6) is 0 Å². The van der Waals surface area contributed by atoms with E-state index >= 15 is 0 Å². The molecule has 1 aromatic heterocycles. The summed E-state index contributed by atoms with van der Waals surface area (Å²) in [7, 11) is 0. The molecule has 1 amide bonds. The van der Waals surface area contributed by atoms with Crippen molar-refractivity contribution in [3.63, 3.8) is 0 Å². The Morgan fingerprint density at radius 3 is 2.90 bits per heavy atom. The van der Waals surface area contributed by atoms with E-state index in [1.54, 1.807) is 13.8 Å². The molecule has 0 radical (unpaired) electrons. The average molecular weight is 298 g/mol. The molecule has 0 saturated carbocycles. The van der Waals surface area contributed by atoms with E-state index < -0.39 is 5.97 Å². The lowest BCUT2D eigenvalue weighted by Crippen LogP contribution is -2.29. The van der Waals surface area contributed by atoms with Crippen LogP contribution in [-0.2, 0) is 9.53 Å². The number of carbonyl (C=O) groups is 2. The van der Waals surface area contributed by atoms with Gasteiger partial charge in [-0.25, -0.2) is 9.78 Å². The summed E-state index contributed by atoms with van der Waals surface area (Å²) in [5.74, 6) is -1.07. The van der Waals surface area contributed by atoms with Crippen molar-refractivity contribution in [2.24, 2.45) is 0 Å². The highest BCUT2D eigenvalue weighted by atomic mass is 32.1. The molecule has 1 fully saturated rings. The zero-order valence-electron chi connectivity index (χ0n) is 11.5. The van der Waals surface area contributed by atoms with Gasteiger partial charge in [-0.2, -0.15) is 0 Å². The van der Waals surface area contributed by atoms with Gasteiger partial charge >= 0.3 is 5.97 Å². The number of carboxylic acids is 1. The number of nitrogens with zero attached hydrogens (tertiary/aromatic N) is 1. The molecule has 2 rings (SSSR count). The lowest BCUT2D eigenvalue weighted by molar-refractivity contribution is -0.123. The number of aromatic nitrogens is 1. The number of carbonyl (C=O) groups excluding carboxylic acids is 1. The number of ether oxygens (including phenoxy) is 1. The van der Waals surface area contributed by atoms with E-state index in [0.717, 1.165) is 30.8 Å². The molecule has 2 atom stereocenters. The smallest absolute Gasteiger partial charge is 0.347 e. The number of rotatable bonds is 5. The van der Waals surface area contributed by atoms with E-state index in [0.29, 0.717) is 17.1 Å². The quantitative estimate of drug-likeness (QED) is 0.866. The summed E-state index contributed by atoms with van der Waals surface area (Å²) in [4.78, 5) is 27.3. The fraction of sp³-hybridized carbons (Fsp3) is 0.615. The van der Waals surface area contributed by atoms with Crippen LogP contribution in [0.25, 0.3) is 0 Å². The van der Waals surface area contributed by atoms with Crippen LogP contribution in [0.3, 0.4) is 0 Å². The summed E-state index contributed by atoms with van der Waals surface area (Å²) >= 11 is 1.10. The van der Waals surface area contributed by atoms with Crippen molar-refractivity contribution in [2.75, 3.05) is 6.61 Å². The van der Waals surface area contributed by atoms with Crippen molar-refractivity contribution in [1.29, 1.82) is 0 Å². The minimum absolute atomic E-state index is 0.00908. The van der Waals surface area contributed by atoms with Gasteiger partial charge in [0.2, 0.25) is 5.91 Å². The van der Waals surface area contributed by atoms with E-state index in [-0.39, 0.29) is 22.9 Å². The third-order valence-corrected chi connectivity index (χ3v) is 4.52. The lowest BCUT2D eigenvalue weighted by atomic mass is 10.1. The third kappa shape index (κ3) is 3.55. The maximum absolute atomic E-state index is 11.9. The zero-order chi connectivity index (χ0) is 14.7. The van der Waals surface area contributed by atoms with Crippen LogP contribution in [0.15, 0.2) is 0 Å². The van der Waals surface area contributed by atoms with Crippen LogP contribution in [0.4, 0.5) is 0 Å². The molecule has 0 bridgehead atoms. The highest BCUT2D eigenvalue weighted by Crippen LogP contribution is 2.24. The first-order valence-corrected chi connectivity index (χ1v) is 7.40. The zero-order valence-corrected chi connectivity index (χ0v) is 12.3. The predicted octanol–water partition coefficient (Wildman–Crippen LogP) is 1.90. The van der Waals surface area contributed by atoms with Crippen LogP contribution < -0.4 is 5.32 Å². The Balaban J connectivity index is 1.93. The summed E-state index contributed by atoms with van der Waals surface area (Å²) in [6.07, 6.45) is 2.28. The molecule has 2 N–H and O–H groups in total. The molecule has 1 saturated heterocycles. The molecule has 7 heteroatoms. The summed E-state index contributed by atoms with van der Waals surface area (Å²) in [5.41, 5.74) is 0.484. The minimum atomic E-state index is -0.982. The van der Waals surface area contributed by atoms with Crippen molar-refractivity contribution in [2.45, 2.75) is 45.3 Å². The van der Waals surface area contributed by atoms with Crippen LogP contribution >= 0.6 is 11.3 Å². The van der Waals surface area contributed by atoms with Crippen LogP contribution in [0.2, 0.25) is 0 Å². The molecule has 1 aliphatic rings. The Bertz CT molecular complexity index is 508. The van der Waals surface area contributed by atoms with Gasteiger partial charge in [-0.05, 0) is 26.7 Å². The molecule has 1 aromatic rings.